The summed E-state index contributed by atoms with van der Waals surface area (Å²) in [5, 5.41) is 3.20. The van der Waals surface area contributed by atoms with Crippen LogP contribution in [0.25, 0.3) is 10.9 Å². The maximum atomic E-state index is 12.9. The highest BCUT2D eigenvalue weighted by atomic mass is 79.9. The standard InChI is InChI=1S/C20H20BrN3O3/c1-13(2)11-24-19(26)16-5-3-4-6-17(16)23(20(24)27)12-18(25)22-15-9-7-14(21)8-10-15/h3-10,13H,11-12H2,1-2H3,(H,22,25). The number of nitrogens with one attached hydrogen (secondary N) is 1. The van der Waals surface area contributed by atoms with Gasteiger partial charge in [0.25, 0.3) is 5.56 Å². The van der Waals surface area contributed by atoms with Crippen LogP contribution in [0.3, 0.4) is 0 Å². The number of benzene rings is 2. The molecule has 27 heavy (non-hydrogen) atoms. The zero-order valence-corrected chi connectivity index (χ0v) is 16.7. The van der Waals surface area contributed by atoms with Gasteiger partial charge in [-0.25, -0.2) is 4.79 Å². The van der Waals surface area contributed by atoms with Crippen molar-refractivity contribution in [2.75, 3.05) is 5.32 Å². The van der Waals surface area contributed by atoms with Gasteiger partial charge in [0, 0.05) is 16.7 Å². The average Bonchev–Trinajstić information content (AvgIpc) is 2.64. The van der Waals surface area contributed by atoms with Crippen LogP contribution < -0.4 is 16.6 Å². The van der Waals surface area contributed by atoms with Crippen LogP contribution >= 0.6 is 15.9 Å². The normalized spacial score (nSPS) is 11.1. The summed E-state index contributed by atoms with van der Waals surface area (Å²) in [6.45, 7) is 4.00. The van der Waals surface area contributed by atoms with E-state index in [1.165, 1.54) is 9.13 Å². The van der Waals surface area contributed by atoms with E-state index in [9.17, 15) is 14.4 Å². The maximum Gasteiger partial charge on any atom is 0.331 e. The summed E-state index contributed by atoms with van der Waals surface area (Å²) in [6.07, 6.45) is 0. The molecule has 6 nitrogen and oxygen atoms in total. The van der Waals surface area contributed by atoms with Crippen molar-refractivity contribution in [3.63, 3.8) is 0 Å². The molecule has 0 saturated carbocycles. The van der Waals surface area contributed by atoms with Crippen molar-refractivity contribution in [2.24, 2.45) is 5.92 Å². The predicted molar refractivity (Wildman–Crippen MR) is 110 cm³/mol. The van der Waals surface area contributed by atoms with Crippen molar-refractivity contribution in [1.29, 1.82) is 0 Å². The van der Waals surface area contributed by atoms with Crippen LogP contribution in [0.2, 0.25) is 0 Å². The number of aromatic nitrogens is 2. The summed E-state index contributed by atoms with van der Waals surface area (Å²) in [7, 11) is 0. The van der Waals surface area contributed by atoms with E-state index in [0.717, 1.165) is 4.47 Å². The minimum absolute atomic E-state index is 0.126. The van der Waals surface area contributed by atoms with Gasteiger partial charge in [0.15, 0.2) is 0 Å². The Balaban J connectivity index is 2.02. The number of amides is 1. The molecule has 3 aromatic rings. The Bertz CT molecular complexity index is 1100. The Kier molecular flexibility index (Phi) is 5.60. The van der Waals surface area contributed by atoms with E-state index in [2.05, 4.69) is 21.2 Å². The van der Waals surface area contributed by atoms with E-state index >= 15 is 0 Å². The number of anilines is 1. The average molecular weight is 430 g/mol. The van der Waals surface area contributed by atoms with Crippen molar-refractivity contribution >= 4 is 38.4 Å². The van der Waals surface area contributed by atoms with E-state index < -0.39 is 5.69 Å². The molecule has 0 bridgehead atoms. The van der Waals surface area contributed by atoms with Crippen LogP contribution in [0.15, 0.2) is 62.6 Å². The summed E-state index contributed by atoms with van der Waals surface area (Å²) in [5.74, 6) is -0.207. The number of rotatable bonds is 5. The van der Waals surface area contributed by atoms with Gasteiger partial charge in [-0.15, -0.1) is 0 Å². The molecule has 3 rings (SSSR count). The van der Waals surface area contributed by atoms with E-state index in [0.29, 0.717) is 23.1 Å². The Morgan fingerprint density at radius 1 is 1.04 bits per heavy atom. The maximum absolute atomic E-state index is 12.9. The van der Waals surface area contributed by atoms with Crippen LogP contribution in [0, 0.1) is 5.92 Å². The highest BCUT2D eigenvalue weighted by Crippen LogP contribution is 2.14. The van der Waals surface area contributed by atoms with Crippen LogP contribution in [-0.2, 0) is 17.9 Å². The number of carbonyl (C=O) groups is 1. The summed E-state index contributed by atoms with van der Waals surface area (Å²) >= 11 is 3.35. The van der Waals surface area contributed by atoms with Gasteiger partial charge in [0.1, 0.15) is 6.54 Å². The molecule has 2 aromatic carbocycles. The van der Waals surface area contributed by atoms with Gasteiger partial charge in [0.2, 0.25) is 5.91 Å². The molecule has 0 atom stereocenters. The first-order valence-corrected chi connectivity index (χ1v) is 9.44. The molecule has 0 unspecified atom stereocenters. The molecule has 0 fully saturated rings. The molecule has 140 valence electrons. The topological polar surface area (TPSA) is 73.1 Å². The highest BCUT2D eigenvalue weighted by molar-refractivity contribution is 9.10. The molecule has 1 amide bonds. The third-order valence-electron chi connectivity index (χ3n) is 4.11. The van der Waals surface area contributed by atoms with Crippen molar-refractivity contribution in [3.8, 4) is 0 Å². The second kappa shape index (κ2) is 7.92. The molecule has 0 saturated heterocycles. The van der Waals surface area contributed by atoms with Crippen molar-refractivity contribution < 1.29 is 4.79 Å². The van der Waals surface area contributed by atoms with E-state index in [4.69, 9.17) is 0 Å². The fourth-order valence-electron chi connectivity index (χ4n) is 2.93. The number of para-hydroxylation sites is 1. The van der Waals surface area contributed by atoms with Crippen LogP contribution in [0.4, 0.5) is 5.69 Å². The van der Waals surface area contributed by atoms with E-state index in [1.807, 2.05) is 26.0 Å². The lowest BCUT2D eigenvalue weighted by Crippen LogP contribution is -2.42. The fourth-order valence-corrected chi connectivity index (χ4v) is 3.19. The lowest BCUT2D eigenvalue weighted by atomic mass is 10.2. The molecule has 1 N–H and O–H groups in total. The number of hydrogen-bond donors (Lipinski definition) is 1. The monoisotopic (exact) mass is 429 g/mol. The molecule has 1 heterocycles. The Morgan fingerprint density at radius 2 is 1.70 bits per heavy atom. The van der Waals surface area contributed by atoms with Crippen molar-refractivity contribution in [2.45, 2.75) is 26.9 Å². The van der Waals surface area contributed by atoms with Crippen molar-refractivity contribution in [1.82, 2.24) is 9.13 Å². The Labute approximate surface area is 164 Å². The van der Waals surface area contributed by atoms with Gasteiger partial charge in [-0.1, -0.05) is 41.9 Å². The summed E-state index contributed by atoms with van der Waals surface area (Å²) in [5.41, 5.74) is 0.293. The first kappa shape index (κ1) is 19.1. The zero-order chi connectivity index (χ0) is 19.6. The fraction of sp³-hybridized carbons (Fsp3) is 0.250. The lowest BCUT2D eigenvalue weighted by Gasteiger charge is -2.15. The van der Waals surface area contributed by atoms with Gasteiger partial charge < -0.3 is 5.32 Å². The predicted octanol–water partition coefficient (Wildman–Crippen LogP) is 3.22. The van der Waals surface area contributed by atoms with Crippen LogP contribution in [0.5, 0.6) is 0 Å². The number of hydrogen-bond acceptors (Lipinski definition) is 3. The minimum Gasteiger partial charge on any atom is -0.325 e. The summed E-state index contributed by atoms with van der Waals surface area (Å²) in [4.78, 5) is 38.1. The zero-order valence-electron chi connectivity index (χ0n) is 15.1. The Morgan fingerprint density at radius 3 is 2.37 bits per heavy atom. The molecule has 1 aromatic heterocycles. The van der Waals surface area contributed by atoms with Gasteiger partial charge in [0.05, 0.1) is 10.9 Å². The molecule has 0 aliphatic carbocycles. The summed E-state index contributed by atoms with van der Waals surface area (Å²) in [6, 6.07) is 14.0. The lowest BCUT2D eigenvalue weighted by molar-refractivity contribution is -0.116. The molecule has 7 heteroatoms. The molecule has 0 aliphatic rings. The van der Waals surface area contributed by atoms with Crippen LogP contribution in [0.1, 0.15) is 13.8 Å². The number of nitrogens with zero attached hydrogens (tertiary/aromatic N) is 2. The molecular formula is C20H20BrN3O3. The van der Waals surface area contributed by atoms with E-state index in [-0.39, 0.29) is 23.9 Å². The third kappa shape index (κ3) is 4.19. The van der Waals surface area contributed by atoms with E-state index in [1.54, 1.807) is 36.4 Å². The quantitative estimate of drug-likeness (QED) is 0.676. The number of carbonyl (C=O) groups excluding carboxylic acids is 1. The molecular weight excluding hydrogens is 410 g/mol. The largest absolute Gasteiger partial charge is 0.331 e. The molecule has 0 spiro atoms. The minimum atomic E-state index is -0.474. The summed E-state index contributed by atoms with van der Waals surface area (Å²) < 4.78 is 3.47. The van der Waals surface area contributed by atoms with Gasteiger partial charge in [-0.3, -0.25) is 18.7 Å². The second-order valence-electron chi connectivity index (χ2n) is 6.75. The third-order valence-corrected chi connectivity index (χ3v) is 4.64. The Hall–Kier alpha value is -2.67. The number of fused-ring (bicyclic) bond motifs is 1. The highest BCUT2D eigenvalue weighted by Gasteiger charge is 2.16. The van der Waals surface area contributed by atoms with Gasteiger partial charge >= 0.3 is 5.69 Å². The van der Waals surface area contributed by atoms with Crippen LogP contribution in [-0.4, -0.2) is 15.0 Å². The molecule has 0 radical (unpaired) electrons. The van der Waals surface area contributed by atoms with Gasteiger partial charge in [-0.05, 0) is 42.3 Å². The van der Waals surface area contributed by atoms with Crippen molar-refractivity contribution in [3.05, 3.63) is 73.8 Å². The SMILES string of the molecule is CC(C)Cn1c(=O)c2ccccc2n(CC(=O)Nc2ccc(Br)cc2)c1=O. The molecule has 0 aliphatic heterocycles. The number of halogens is 1. The first-order valence-electron chi connectivity index (χ1n) is 8.64. The first-order chi connectivity index (χ1) is 12.9. The smallest absolute Gasteiger partial charge is 0.325 e. The van der Waals surface area contributed by atoms with Gasteiger partial charge in [-0.2, -0.15) is 0 Å². The second-order valence-corrected chi connectivity index (χ2v) is 7.67.